The van der Waals surface area contributed by atoms with Crippen molar-refractivity contribution in [3.63, 3.8) is 0 Å². The molecule has 0 aliphatic heterocycles. The van der Waals surface area contributed by atoms with E-state index < -0.39 is 0 Å². The number of nitrogens with one attached hydrogen (secondary N) is 2. The SMILES string of the molecule is COc1cccc(Cc2nnc(NC(=O)NC(C)C)s2)c1. The van der Waals surface area contributed by atoms with Gasteiger partial charge in [0.05, 0.1) is 7.11 Å². The van der Waals surface area contributed by atoms with Crippen LogP contribution in [-0.2, 0) is 6.42 Å². The Morgan fingerprint density at radius 1 is 1.38 bits per heavy atom. The topological polar surface area (TPSA) is 76.1 Å². The van der Waals surface area contributed by atoms with Crippen molar-refractivity contribution in [1.29, 1.82) is 0 Å². The maximum atomic E-state index is 11.6. The summed E-state index contributed by atoms with van der Waals surface area (Å²) in [6, 6.07) is 7.60. The fraction of sp³-hybridized carbons (Fsp3) is 0.357. The molecule has 6 nitrogen and oxygen atoms in total. The number of amides is 2. The molecule has 0 bridgehead atoms. The lowest BCUT2D eigenvalue weighted by molar-refractivity contribution is 0.250. The van der Waals surface area contributed by atoms with Crippen molar-refractivity contribution in [2.45, 2.75) is 26.3 Å². The maximum absolute atomic E-state index is 11.6. The minimum Gasteiger partial charge on any atom is -0.497 e. The number of hydrogen-bond acceptors (Lipinski definition) is 5. The molecule has 2 N–H and O–H groups in total. The average molecular weight is 306 g/mol. The summed E-state index contributed by atoms with van der Waals surface area (Å²) in [4.78, 5) is 11.6. The average Bonchev–Trinajstić information content (AvgIpc) is 2.85. The van der Waals surface area contributed by atoms with Crippen molar-refractivity contribution in [2.24, 2.45) is 0 Å². The summed E-state index contributed by atoms with van der Waals surface area (Å²) in [5.74, 6) is 0.812. The molecule has 2 amide bonds. The highest BCUT2D eigenvalue weighted by Crippen LogP contribution is 2.20. The number of hydrogen-bond donors (Lipinski definition) is 2. The number of anilines is 1. The van der Waals surface area contributed by atoms with E-state index in [0.717, 1.165) is 16.3 Å². The predicted molar refractivity (Wildman–Crippen MR) is 83.0 cm³/mol. The van der Waals surface area contributed by atoms with Gasteiger partial charge in [0.25, 0.3) is 0 Å². The Hall–Kier alpha value is -2.15. The van der Waals surface area contributed by atoms with Crippen LogP contribution in [0, 0.1) is 0 Å². The summed E-state index contributed by atoms with van der Waals surface area (Å²) >= 11 is 1.36. The van der Waals surface area contributed by atoms with Gasteiger partial charge in [0.15, 0.2) is 0 Å². The van der Waals surface area contributed by atoms with Crippen LogP contribution < -0.4 is 15.4 Å². The van der Waals surface area contributed by atoms with E-state index in [2.05, 4.69) is 20.8 Å². The molecule has 0 saturated carbocycles. The fourth-order valence-corrected chi connectivity index (χ4v) is 2.50. The van der Waals surface area contributed by atoms with E-state index in [1.165, 1.54) is 11.3 Å². The van der Waals surface area contributed by atoms with E-state index in [-0.39, 0.29) is 12.1 Å². The molecule has 0 spiro atoms. The number of aromatic nitrogens is 2. The predicted octanol–water partition coefficient (Wildman–Crippen LogP) is 2.67. The van der Waals surface area contributed by atoms with Gasteiger partial charge in [-0.25, -0.2) is 4.79 Å². The zero-order valence-corrected chi connectivity index (χ0v) is 13.0. The minimum absolute atomic E-state index is 0.0779. The van der Waals surface area contributed by atoms with Gasteiger partial charge in [-0.2, -0.15) is 0 Å². The van der Waals surface area contributed by atoms with Crippen LogP contribution >= 0.6 is 11.3 Å². The Balaban J connectivity index is 1.98. The fourth-order valence-electron chi connectivity index (χ4n) is 1.73. The molecule has 0 unspecified atom stereocenters. The number of ether oxygens (including phenoxy) is 1. The van der Waals surface area contributed by atoms with Gasteiger partial charge in [-0.1, -0.05) is 23.5 Å². The largest absolute Gasteiger partial charge is 0.497 e. The van der Waals surface area contributed by atoms with Crippen LogP contribution in [0.15, 0.2) is 24.3 Å². The van der Waals surface area contributed by atoms with Gasteiger partial charge in [0.1, 0.15) is 10.8 Å². The number of carbonyl (C=O) groups is 1. The van der Waals surface area contributed by atoms with Crippen molar-refractivity contribution in [2.75, 3.05) is 12.4 Å². The van der Waals surface area contributed by atoms with Gasteiger partial charge >= 0.3 is 6.03 Å². The number of methoxy groups -OCH3 is 1. The van der Waals surface area contributed by atoms with E-state index in [1.807, 2.05) is 38.1 Å². The summed E-state index contributed by atoms with van der Waals surface area (Å²) in [7, 11) is 1.64. The van der Waals surface area contributed by atoms with E-state index in [9.17, 15) is 4.79 Å². The highest BCUT2D eigenvalue weighted by molar-refractivity contribution is 7.15. The van der Waals surface area contributed by atoms with E-state index >= 15 is 0 Å². The van der Waals surface area contributed by atoms with Crippen LogP contribution in [0.25, 0.3) is 0 Å². The van der Waals surface area contributed by atoms with Crippen molar-refractivity contribution < 1.29 is 9.53 Å². The number of urea groups is 1. The summed E-state index contributed by atoms with van der Waals surface area (Å²) in [6.45, 7) is 3.79. The lowest BCUT2D eigenvalue weighted by Gasteiger charge is -2.07. The van der Waals surface area contributed by atoms with Crippen molar-refractivity contribution in [3.8, 4) is 5.75 Å². The molecule has 0 atom stereocenters. The zero-order chi connectivity index (χ0) is 15.2. The van der Waals surface area contributed by atoms with E-state index in [4.69, 9.17) is 4.74 Å². The van der Waals surface area contributed by atoms with Gasteiger partial charge in [-0.15, -0.1) is 10.2 Å². The molecule has 1 aromatic carbocycles. The van der Waals surface area contributed by atoms with Crippen LogP contribution in [0.3, 0.4) is 0 Å². The second-order valence-electron chi connectivity index (χ2n) is 4.78. The molecule has 21 heavy (non-hydrogen) atoms. The van der Waals surface area contributed by atoms with Crippen LogP contribution in [-0.4, -0.2) is 29.4 Å². The first-order valence-corrected chi connectivity index (χ1v) is 7.41. The van der Waals surface area contributed by atoms with Crippen LogP contribution in [0.5, 0.6) is 5.75 Å². The number of benzene rings is 1. The zero-order valence-electron chi connectivity index (χ0n) is 12.2. The van der Waals surface area contributed by atoms with Gasteiger partial charge in [-0.3, -0.25) is 5.32 Å². The van der Waals surface area contributed by atoms with E-state index in [1.54, 1.807) is 7.11 Å². The molecule has 1 aromatic heterocycles. The van der Waals surface area contributed by atoms with Gasteiger partial charge in [0, 0.05) is 12.5 Å². The van der Waals surface area contributed by atoms with Gasteiger partial charge in [-0.05, 0) is 31.5 Å². The standard InChI is InChI=1S/C14H18N4O2S/c1-9(2)15-13(19)16-14-18-17-12(21-14)8-10-5-4-6-11(7-10)20-3/h4-7,9H,8H2,1-3H3,(H2,15,16,18,19). The lowest BCUT2D eigenvalue weighted by Crippen LogP contribution is -2.34. The summed E-state index contributed by atoms with van der Waals surface area (Å²) in [5, 5.41) is 14.8. The normalized spacial score (nSPS) is 10.5. The van der Waals surface area contributed by atoms with Crippen molar-refractivity contribution in [1.82, 2.24) is 15.5 Å². The third-order valence-corrected chi connectivity index (χ3v) is 3.44. The molecule has 0 fully saturated rings. The third kappa shape index (κ3) is 4.71. The first-order valence-electron chi connectivity index (χ1n) is 6.59. The Kier molecular flexibility index (Phi) is 5.10. The molecule has 0 saturated heterocycles. The summed E-state index contributed by atoms with van der Waals surface area (Å²) in [6.07, 6.45) is 0.655. The minimum atomic E-state index is -0.269. The molecule has 2 aromatic rings. The van der Waals surface area contributed by atoms with Gasteiger partial charge < -0.3 is 10.1 Å². The molecule has 1 heterocycles. The molecular formula is C14H18N4O2S. The molecule has 112 valence electrons. The Bertz CT molecular complexity index is 613. The van der Waals surface area contributed by atoms with Gasteiger partial charge in [0.2, 0.25) is 5.13 Å². The molecule has 0 aliphatic carbocycles. The Labute approximate surface area is 127 Å². The first-order chi connectivity index (χ1) is 10.1. The molecular weight excluding hydrogens is 288 g/mol. The Morgan fingerprint density at radius 2 is 2.19 bits per heavy atom. The number of carbonyl (C=O) groups excluding carboxylic acids is 1. The molecule has 0 aliphatic rings. The van der Waals surface area contributed by atoms with Crippen molar-refractivity contribution in [3.05, 3.63) is 34.8 Å². The second-order valence-corrected chi connectivity index (χ2v) is 5.84. The van der Waals surface area contributed by atoms with E-state index in [0.29, 0.717) is 11.6 Å². The smallest absolute Gasteiger partial charge is 0.321 e. The lowest BCUT2D eigenvalue weighted by atomic mass is 10.1. The first kappa shape index (κ1) is 15.2. The summed E-state index contributed by atoms with van der Waals surface area (Å²) < 4.78 is 5.19. The second kappa shape index (κ2) is 7.03. The number of rotatable bonds is 5. The molecule has 0 radical (unpaired) electrons. The highest BCUT2D eigenvalue weighted by atomic mass is 32.1. The van der Waals surface area contributed by atoms with Crippen LogP contribution in [0.2, 0.25) is 0 Å². The monoisotopic (exact) mass is 306 g/mol. The maximum Gasteiger partial charge on any atom is 0.321 e. The third-order valence-electron chi connectivity index (χ3n) is 2.60. The van der Waals surface area contributed by atoms with Crippen LogP contribution in [0.1, 0.15) is 24.4 Å². The number of nitrogens with zero attached hydrogens (tertiary/aromatic N) is 2. The molecule has 2 rings (SSSR count). The Morgan fingerprint density at radius 3 is 2.90 bits per heavy atom. The van der Waals surface area contributed by atoms with Crippen LogP contribution in [0.4, 0.5) is 9.93 Å². The summed E-state index contributed by atoms with van der Waals surface area (Å²) in [5.41, 5.74) is 1.09. The molecule has 7 heteroatoms. The highest BCUT2D eigenvalue weighted by Gasteiger charge is 2.09. The quantitative estimate of drug-likeness (QED) is 0.890. The van der Waals surface area contributed by atoms with Crippen molar-refractivity contribution >= 4 is 22.5 Å².